The maximum Gasteiger partial charge on any atom is 0.109 e. The molecule has 1 aliphatic rings. The topological polar surface area (TPSA) is 44.1 Å². The van der Waals surface area contributed by atoms with Gasteiger partial charge in [0.25, 0.3) is 0 Å². The van der Waals surface area contributed by atoms with Gasteiger partial charge in [-0.25, -0.2) is 4.31 Å². The monoisotopic (exact) mass is 248 g/mol. The zero-order chi connectivity index (χ0) is 12.3. The third-order valence-electron chi connectivity index (χ3n) is 3.02. The van der Waals surface area contributed by atoms with Crippen LogP contribution in [0.25, 0.3) is 0 Å². The molecule has 0 saturated carbocycles. The van der Waals surface area contributed by atoms with Crippen LogP contribution >= 0.6 is 0 Å². The first-order valence-electron chi connectivity index (χ1n) is 5.69. The van der Waals surface area contributed by atoms with E-state index in [9.17, 15) is 4.21 Å². The van der Waals surface area contributed by atoms with Gasteiger partial charge in [-0.3, -0.25) is 4.21 Å². The third kappa shape index (κ3) is 2.68. The highest BCUT2D eigenvalue weighted by Crippen LogP contribution is 2.22. The molecule has 1 aliphatic heterocycles. The Kier molecular flexibility index (Phi) is 3.51. The van der Waals surface area contributed by atoms with Crippen LogP contribution in [0.1, 0.15) is 18.4 Å². The number of hydrogen-bond acceptors (Lipinski definition) is 2. The molecule has 2 unspecified atom stereocenters. The number of nitrogens with zero attached hydrogens (tertiary/aromatic N) is 2. The summed E-state index contributed by atoms with van der Waals surface area (Å²) >= 11 is 0. The second-order valence-corrected chi connectivity index (χ2v) is 6.63. The van der Waals surface area contributed by atoms with Gasteiger partial charge in [-0.2, -0.15) is 5.26 Å². The lowest BCUT2D eigenvalue weighted by atomic mass is 10.2. The molecular formula is C13H16N2OS. The van der Waals surface area contributed by atoms with Crippen molar-refractivity contribution >= 4 is 15.6 Å². The van der Waals surface area contributed by atoms with Crippen molar-refractivity contribution < 1.29 is 4.21 Å². The Morgan fingerprint density at radius 2 is 2.18 bits per heavy atom. The van der Waals surface area contributed by atoms with Gasteiger partial charge in [0.1, 0.15) is 6.04 Å². The molecule has 0 N–H and O–H groups in total. The molecule has 0 spiro atoms. The van der Waals surface area contributed by atoms with Crippen LogP contribution in [0.4, 0.5) is 0 Å². The minimum absolute atomic E-state index is 0.233. The van der Waals surface area contributed by atoms with Crippen molar-refractivity contribution in [2.24, 2.45) is 0 Å². The second kappa shape index (κ2) is 4.91. The molecule has 1 heterocycles. The van der Waals surface area contributed by atoms with Gasteiger partial charge in [0, 0.05) is 16.3 Å². The van der Waals surface area contributed by atoms with Crippen LogP contribution in [0.15, 0.2) is 30.3 Å². The van der Waals surface area contributed by atoms with E-state index in [1.807, 2.05) is 30.3 Å². The van der Waals surface area contributed by atoms with E-state index >= 15 is 0 Å². The Morgan fingerprint density at radius 1 is 1.47 bits per heavy atom. The van der Waals surface area contributed by atoms with Gasteiger partial charge in [0.05, 0.1) is 11.8 Å². The Hall–Kier alpha value is -1.31. The first kappa shape index (κ1) is 12.2. The van der Waals surface area contributed by atoms with Crippen molar-refractivity contribution in [1.82, 2.24) is 4.31 Å². The summed E-state index contributed by atoms with van der Waals surface area (Å²) < 4.78 is 14.4. The molecule has 2 rings (SSSR count). The molecule has 0 radical (unpaired) electrons. The minimum atomic E-state index is -2.36. The van der Waals surface area contributed by atoms with Crippen molar-refractivity contribution in [3.05, 3.63) is 35.9 Å². The summed E-state index contributed by atoms with van der Waals surface area (Å²) in [5.41, 5.74) is 1.01. The standard InChI is InChI=1S/C13H16N2OS/c1-17(16,11-12-6-3-2-4-7-12)15-9-5-8-13(15)10-14/h2-4,6-7,13H,1,5,8-9,11H2. The molecule has 2 atom stereocenters. The van der Waals surface area contributed by atoms with E-state index in [2.05, 4.69) is 11.9 Å². The number of benzene rings is 1. The highest BCUT2D eigenvalue weighted by atomic mass is 32.2. The van der Waals surface area contributed by atoms with Crippen molar-refractivity contribution in [3.63, 3.8) is 0 Å². The highest BCUT2D eigenvalue weighted by molar-refractivity contribution is 7.97. The maximum atomic E-state index is 12.6. The van der Waals surface area contributed by atoms with E-state index < -0.39 is 9.71 Å². The van der Waals surface area contributed by atoms with E-state index in [1.54, 1.807) is 4.31 Å². The van der Waals surface area contributed by atoms with E-state index in [1.165, 1.54) is 0 Å². The molecule has 3 nitrogen and oxygen atoms in total. The molecule has 90 valence electrons. The van der Waals surface area contributed by atoms with Crippen molar-refractivity contribution in [3.8, 4) is 6.07 Å². The molecule has 17 heavy (non-hydrogen) atoms. The smallest absolute Gasteiger partial charge is 0.109 e. The Balaban J connectivity index is 2.18. The molecule has 1 aromatic carbocycles. The fourth-order valence-corrected chi connectivity index (χ4v) is 4.14. The van der Waals surface area contributed by atoms with Gasteiger partial charge >= 0.3 is 0 Å². The lowest BCUT2D eigenvalue weighted by Gasteiger charge is -2.23. The maximum absolute atomic E-state index is 12.6. The number of rotatable bonds is 3. The van der Waals surface area contributed by atoms with Crippen LogP contribution < -0.4 is 0 Å². The molecule has 1 aromatic rings. The molecular weight excluding hydrogens is 232 g/mol. The van der Waals surface area contributed by atoms with Crippen LogP contribution in [0.5, 0.6) is 0 Å². The van der Waals surface area contributed by atoms with Crippen LogP contribution in [0.3, 0.4) is 0 Å². The van der Waals surface area contributed by atoms with Gasteiger partial charge in [-0.15, -0.1) is 0 Å². The van der Waals surface area contributed by atoms with Crippen molar-refractivity contribution in [1.29, 1.82) is 5.26 Å². The first-order valence-corrected chi connectivity index (χ1v) is 7.54. The fraction of sp³-hybridized carbons (Fsp3) is 0.385. The van der Waals surface area contributed by atoms with Crippen LogP contribution in [0.2, 0.25) is 0 Å². The molecule has 1 fully saturated rings. The third-order valence-corrected chi connectivity index (χ3v) is 5.09. The normalized spacial score (nSPS) is 24.1. The quantitative estimate of drug-likeness (QED) is 0.766. The van der Waals surface area contributed by atoms with Gasteiger partial charge in [0.15, 0.2) is 0 Å². The van der Waals surface area contributed by atoms with Crippen molar-refractivity contribution in [2.75, 3.05) is 6.54 Å². The average Bonchev–Trinajstić information content (AvgIpc) is 2.78. The molecule has 0 aromatic heterocycles. The Morgan fingerprint density at radius 3 is 2.82 bits per heavy atom. The van der Waals surface area contributed by atoms with Crippen molar-refractivity contribution in [2.45, 2.75) is 24.6 Å². The number of nitriles is 1. The van der Waals surface area contributed by atoms with Crippen LogP contribution in [-0.4, -0.2) is 27.0 Å². The van der Waals surface area contributed by atoms with Gasteiger partial charge in [-0.05, 0) is 24.3 Å². The van der Waals surface area contributed by atoms with Gasteiger partial charge in [-0.1, -0.05) is 30.3 Å². The summed E-state index contributed by atoms with van der Waals surface area (Å²) in [6, 6.07) is 11.7. The first-order chi connectivity index (χ1) is 8.13. The van der Waals surface area contributed by atoms with E-state index in [0.717, 1.165) is 18.4 Å². The summed E-state index contributed by atoms with van der Waals surface area (Å²) in [6.45, 7) is 0.716. The zero-order valence-electron chi connectivity index (χ0n) is 9.71. The predicted molar refractivity (Wildman–Crippen MR) is 70.8 cm³/mol. The summed E-state index contributed by atoms with van der Waals surface area (Å²) in [5, 5.41) is 9.02. The summed E-state index contributed by atoms with van der Waals surface area (Å²) in [4.78, 5) is 0. The second-order valence-electron chi connectivity index (χ2n) is 4.33. The van der Waals surface area contributed by atoms with Gasteiger partial charge in [0.2, 0.25) is 0 Å². The fourth-order valence-electron chi connectivity index (χ4n) is 2.19. The molecule has 0 bridgehead atoms. The number of hydrogen-bond donors (Lipinski definition) is 0. The molecule has 4 heteroatoms. The summed E-state index contributed by atoms with van der Waals surface area (Å²) in [6.07, 6.45) is 1.73. The Labute approximate surface area is 103 Å². The minimum Gasteiger partial charge on any atom is -0.252 e. The van der Waals surface area contributed by atoms with E-state index in [0.29, 0.717) is 12.3 Å². The highest BCUT2D eigenvalue weighted by Gasteiger charge is 2.30. The zero-order valence-corrected chi connectivity index (χ0v) is 10.5. The van der Waals surface area contributed by atoms with E-state index in [4.69, 9.17) is 5.26 Å². The lowest BCUT2D eigenvalue weighted by Crippen LogP contribution is -2.35. The Bertz CT molecular complexity index is 516. The van der Waals surface area contributed by atoms with Crippen LogP contribution in [-0.2, 0) is 15.5 Å². The summed E-state index contributed by atoms with van der Waals surface area (Å²) in [7, 11) is -2.36. The SMILES string of the molecule is C=S(=O)(Cc1ccccc1)N1CCCC1C#N. The van der Waals surface area contributed by atoms with Gasteiger partial charge < -0.3 is 0 Å². The average molecular weight is 248 g/mol. The van der Waals surface area contributed by atoms with Crippen LogP contribution in [0, 0.1) is 11.3 Å². The molecule has 0 amide bonds. The predicted octanol–water partition coefficient (Wildman–Crippen LogP) is 1.81. The lowest BCUT2D eigenvalue weighted by molar-refractivity contribution is 0.476. The molecule has 0 aliphatic carbocycles. The summed E-state index contributed by atoms with van der Waals surface area (Å²) in [5.74, 6) is 4.27. The molecule has 1 saturated heterocycles. The largest absolute Gasteiger partial charge is 0.252 e. The van der Waals surface area contributed by atoms with E-state index in [-0.39, 0.29) is 6.04 Å².